The van der Waals surface area contributed by atoms with Crippen molar-refractivity contribution in [1.82, 2.24) is 19.8 Å². The number of ether oxygens (including phenoxy) is 3. The van der Waals surface area contributed by atoms with Crippen molar-refractivity contribution in [3.8, 4) is 5.75 Å². The second-order valence-electron chi connectivity index (χ2n) is 17.1. The van der Waals surface area contributed by atoms with E-state index >= 15 is 0 Å². The Morgan fingerprint density at radius 2 is 1.84 bits per heavy atom. The number of esters is 2. The van der Waals surface area contributed by atoms with Crippen molar-refractivity contribution in [2.24, 2.45) is 17.8 Å². The molecule has 55 heavy (non-hydrogen) atoms. The van der Waals surface area contributed by atoms with E-state index in [1.165, 1.54) is 13.8 Å². The fourth-order valence-electron chi connectivity index (χ4n) is 12.3. The molecule has 6 aliphatic rings. The van der Waals surface area contributed by atoms with Gasteiger partial charge < -0.3 is 34.4 Å². The van der Waals surface area contributed by atoms with Crippen LogP contribution in [0.2, 0.25) is 0 Å². The number of methoxy groups -OCH3 is 1. The zero-order valence-corrected chi connectivity index (χ0v) is 32.8. The molecule has 4 N–H and O–H groups in total. The van der Waals surface area contributed by atoms with Gasteiger partial charge in [0.1, 0.15) is 5.75 Å². The number of aromatic amines is 2. The smallest absolute Gasteiger partial charge is 0.303 e. The van der Waals surface area contributed by atoms with Crippen molar-refractivity contribution in [3.63, 3.8) is 0 Å². The molecule has 4 aromatic rings. The topological polar surface area (TPSA) is 140 Å². The van der Waals surface area contributed by atoms with E-state index in [0.29, 0.717) is 25.8 Å². The highest BCUT2D eigenvalue weighted by Gasteiger charge is 2.62. The van der Waals surface area contributed by atoms with Gasteiger partial charge in [-0.25, -0.2) is 0 Å². The van der Waals surface area contributed by atoms with Crippen molar-refractivity contribution >= 4 is 33.7 Å². The Morgan fingerprint density at radius 3 is 2.55 bits per heavy atom. The molecule has 2 aliphatic carbocycles. The Hall–Kier alpha value is -4.16. The number of carbonyl (C=O) groups excluding carboxylic acids is 2. The van der Waals surface area contributed by atoms with E-state index in [1.54, 1.807) is 7.11 Å². The van der Waals surface area contributed by atoms with E-state index in [1.807, 2.05) is 19.9 Å². The van der Waals surface area contributed by atoms with E-state index in [0.717, 1.165) is 87.1 Å². The fraction of sp³-hybridized carbons (Fsp3) is 0.545. The first-order valence-corrected chi connectivity index (χ1v) is 20.0. The number of aromatic nitrogens is 2. The first-order chi connectivity index (χ1) is 26.4. The summed E-state index contributed by atoms with van der Waals surface area (Å²) >= 11 is 0. The summed E-state index contributed by atoms with van der Waals surface area (Å²) in [6, 6.07) is 12.1. The number of H-pyrrole nitrogens is 2. The number of piperidine rings is 3. The van der Waals surface area contributed by atoms with Crippen LogP contribution in [-0.2, 0) is 37.5 Å². The monoisotopic (exact) mass is 750 g/mol. The van der Waals surface area contributed by atoms with Gasteiger partial charge >= 0.3 is 11.9 Å². The Labute approximate surface area is 322 Å². The van der Waals surface area contributed by atoms with Crippen LogP contribution in [0.15, 0.2) is 48.0 Å². The third kappa shape index (κ3) is 5.29. The number of fused-ring (bicyclic) bond motifs is 9. The number of para-hydroxylation sites is 1. The van der Waals surface area contributed by atoms with Crippen LogP contribution in [0, 0.1) is 17.8 Å². The number of nitrogens with zero attached hydrogens (tertiary/aromatic N) is 2. The lowest BCUT2D eigenvalue weighted by atomic mass is 9.62. The van der Waals surface area contributed by atoms with Gasteiger partial charge in [0, 0.05) is 78.8 Å². The molecule has 6 bridgehead atoms. The average molecular weight is 751 g/mol. The average Bonchev–Trinajstić information content (AvgIpc) is 3.69. The summed E-state index contributed by atoms with van der Waals surface area (Å²) < 4.78 is 19.3. The standard InChI is InChI=1S/C44H54N4O7/c1-7-27-21-47(5)37-18-32-28-10-8-9-11-35(28)45-39(32)33(17-34(27)44(37,22-49)55-25(4)52)38-36(53-6)13-12-29-30-14-15-48-20-26-16-31(23(2)50)42(48)43(19-26,54-24(3)51)41(30)46-40(29)38/h7-13,23,26,31,33-34,37,42,45-46,49-50H,14-22H2,1-6H3. The van der Waals surface area contributed by atoms with Crippen LogP contribution in [0.3, 0.4) is 0 Å². The summed E-state index contributed by atoms with van der Waals surface area (Å²) in [5.41, 5.74) is 6.19. The predicted octanol–water partition coefficient (Wildman–Crippen LogP) is 5.31. The van der Waals surface area contributed by atoms with Crippen molar-refractivity contribution < 1.29 is 34.0 Å². The second-order valence-corrected chi connectivity index (χ2v) is 17.1. The molecule has 2 aromatic carbocycles. The maximum absolute atomic E-state index is 13.1. The summed E-state index contributed by atoms with van der Waals surface area (Å²) in [5.74, 6) is -0.356. The number of nitrogens with one attached hydrogen (secondary N) is 2. The zero-order chi connectivity index (χ0) is 38.6. The minimum atomic E-state index is -1.19. The summed E-state index contributed by atoms with van der Waals surface area (Å²) in [5, 5.41) is 24.8. The van der Waals surface area contributed by atoms with Gasteiger partial charge in [0.2, 0.25) is 0 Å². The van der Waals surface area contributed by atoms with Gasteiger partial charge in [0.05, 0.1) is 43.1 Å². The molecule has 11 nitrogen and oxygen atoms in total. The Balaban J connectivity index is 1.33. The highest BCUT2D eigenvalue weighted by atomic mass is 16.6. The molecule has 0 radical (unpaired) electrons. The Kier molecular flexibility index (Phi) is 8.77. The van der Waals surface area contributed by atoms with Crippen LogP contribution in [0.1, 0.15) is 81.0 Å². The maximum Gasteiger partial charge on any atom is 0.303 e. The molecule has 6 heterocycles. The van der Waals surface area contributed by atoms with Crippen LogP contribution < -0.4 is 4.74 Å². The number of allylic oxidation sites excluding steroid dienone is 1. The molecule has 11 heteroatoms. The van der Waals surface area contributed by atoms with Crippen molar-refractivity contribution in [1.29, 1.82) is 0 Å². The molecule has 0 amide bonds. The SMILES string of the molecule is CC=C1CN(C)C2Cc3c([nH]c4ccccc34)C(c3c(OC)ccc4c5c([nH]c34)C3(OC(C)=O)CC4CC(C(C)O)C3N(CC5)C4)CC1C2(CO)OC(C)=O. The number of likely N-dealkylation sites (N-methyl/N-ethyl adjacent to an activating group) is 1. The molecule has 2 aromatic heterocycles. The van der Waals surface area contributed by atoms with Gasteiger partial charge in [-0.3, -0.25) is 19.4 Å². The van der Waals surface area contributed by atoms with E-state index in [9.17, 15) is 19.8 Å². The first kappa shape index (κ1) is 36.5. The number of hydrogen-bond donors (Lipinski definition) is 4. The molecular formula is C44H54N4O7. The van der Waals surface area contributed by atoms with Crippen molar-refractivity contribution in [2.45, 2.75) is 95.1 Å². The molecule has 10 rings (SSSR count). The van der Waals surface area contributed by atoms with Crippen LogP contribution in [0.4, 0.5) is 0 Å². The Bertz CT molecular complexity index is 2220. The highest BCUT2D eigenvalue weighted by Crippen LogP contribution is 2.57. The number of hydrogen-bond acceptors (Lipinski definition) is 9. The third-order valence-electron chi connectivity index (χ3n) is 14.2. The lowest BCUT2D eigenvalue weighted by Crippen LogP contribution is -2.67. The lowest BCUT2D eigenvalue weighted by Gasteiger charge is -2.58. The van der Waals surface area contributed by atoms with E-state index in [4.69, 9.17) is 14.2 Å². The number of rotatable bonds is 6. The number of carbonyl (C=O) groups is 2. The number of likely N-dealkylation sites (tertiary alicyclic amines) is 1. The molecule has 10 unspecified atom stereocenters. The van der Waals surface area contributed by atoms with Crippen molar-refractivity contribution in [2.75, 3.05) is 40.4 Å². The normalized spacial score (nSPS) is 34.0. The summed E-state index contributed by atoms with van der Waals surface area (Å²) in [4.78, 5) is 38.7. The summed E-state index contributed by atoms with van der Waals surface area (Å²) in [6.45, 7) is 8.93. The van der Waals surface area contributed by atoms with Crippen LogP contribution >= 0.6 is 0 Å². The van der Waals surface area contributed by atoms with Gasteiger partial charge in [0.25, 0.3) is 0 Å². The third-order valence-corrected chi connectivity index (χ3v) is 14.2. The summed E-state index contributed by atoms with van der Waals surface area (Å²) in [7, 11) is 3.76. The minimum Gasteiger partial charge on any atom is -0.496 e. The van der Waals surface area contributed by atoms with E-state index < -0.39 is 23.3 Å². The number of aliphatic hydroxyl groups excluding tert-OH is 2. The van der Waals surface area contributed by atoms with Gasteiger partial charge in [-0.15, -0.1) is 0 Å². The summed E-state index contributed by atoms with van der Waals surface area (Å²) in [6.07, 6.45) is 5.03. The maximum atomic E-state index is 13.1. The van der Waals surface area contributed by atoms with Crippen LogP contribution in [-0.4, -0.2) is 106 Å². The molecule has 3 saturated heterocycles. The van der Waals surface area contributed by atoms with Crippen LogP contribution in [0.25, 0.3) is 21.8 Å². The Morgan fingerprint density at radius 1 is 1.05 bits per heavy atom. The number of aliphatic hydroxyl groups is 2. The molecule has 1 saturated carbocycles. The molecule has 4 fully saturated rings. The first-order valence-electron chi connectivity index (χ1n) is 20.0. The van der Waals surface area contributed by atoms with Gasteiger partial charge in [-0.05, 0) is 88.2 Å². The van der Waals surface area contributed by atoms with E-state index in [2.05, 4.69) is 63.2 Å². The molecular weight excluding hydrogens is 697 g/mol. The number of benzene rings is 2. The van der Waals surface area contributed by atoms with Gasteiger partial charge in [0.15, 0.2) is 11.2 Å². The molecule has 10 atom stereocenters. The van der Waals surface area contributed by atoms with E-state index in [-0.39, 0.29) is 48.3 Å². The van der Waals surface area contributed by atoms with Crippen LogP contribution in [0.5, 0.6) is 5.75 Å². The highest BCUT2D eigenvalue weighted by molar-refractivity contribution is 5.92. The second kappa shape index (κ2) is 13.2. The predicted molar refractivity (Wildman–Crippen MR) is 209 cm³/mol. The molecule has 4 aliphatic heterocycles. The molecule has 292 valence electrons. The van der Waals surface area contributed by atoms with Gasteiger partial charge in [-0.2, -0.15) is 0 Å². The molecule has 0 spiro atoms. The largest absolute Gasteiger partial charge is 0.496 e. The lowest BCUT2D eigenvalue weighted by molar-refractivity contribution is -0.208. The van der Waals surface area contributed by atoms with Gasteiger partial charge in [-0.1, -0.05) is 29.8 Å². The fourth-order valence-corrected chi connectivity index (χ4v) is 12.3. The zero-order valence-electron chi connectivity index (χ0n) is 32.8. The van der Waals surface area contributed by atoms with Crippen molar-refractivity contribution in [3.05, 3.63) is 76.1 Å². The minimum absolute atomic E-state index is 0.0396. The quantitative estimate of drug-likeness (QED) is 0.153.